The van der Waals surface area contributed by atoms with Crippen LogP contribution in [0.2, 0.25) is 0 Å². The highest BCUT2D eigenvalue weighted by atomic mass is 32.1. The predicted octanol–water partition coefficient (Wildman–Crippen LogP) is 4.64. The number of anilines is 2. The number of para-hydroxylation sites is 1. The zero-order valence-electron chi connectivity index (χ0n) is 14.0. The second-order valence-electron chi connectivity index (χ2n) is 5.61. The van der Waals surface area contributed by atoms with Crippen molar-refractivity contribution in [1.82, 2.24) is 9.97 Å². The van der Waals surface area contributed by atoms with Crippen molar-refractivity contribution in [2.45, 2.75) is 12.8 Å². The predicted molar refractivity (Wildman–Crippen MR) is 111 cm³/mol. The van der Waals surface area contributed by atoms with Gasteiger partial charge in [0.25, 0.3) is 5.91 Å². The molecular formula is C18H14N4O2S3. The third kappa shape index (κ3) is 4.38. The molecule has 0 aliphatic carbocycles. The molecule has 0 saturated heterocycles. The number of benzene rings is 1. The molecule has 6 nitrogen and oxygen atoms in total. The Balaban J connectivity index is 1.30. The van der Waals surface area contributed by atoms with Gasteiger partial charge in [-0.1, -0.05) is 29.5 Å². The van der Waals surface area contributed by atoms with Crippen LogP contribution in [0.1, 0.15) is 21.8 Å². The van der Waals surface area contributed by atoms with Gasteiger partial charge in [-0.15, -0.1) is 22.7 Å². The van der Waals surface area contributed by atoms with Crippen LogP contribution >= 0.6 is 34.0 Å². The van der Waals surface area contributed by atoms with Crippen molar-refractivity contribution in [3.8, 4) is 0 Å². The number of thiophene rings is 1. The van der Waals surface area contributed by atoms with Gasteiger partial charge < -0.3 is 5.32 Å². The Bertz CT molecular complexity index is 1050. The number of carbonyl (C=O) groups is 2. The van der Waals surface area contributed by atoms with Gasteiger partial charge in [0.2, 0.25) is 5.91 Å². The second-order valence-corrected chi connectivity index (χ2v) is 8.45. The van der Waals surface area contributed by atoms with Crippen LogP contribution in [0.4, 0.5) is 10.3 Å². The number of hydrogen-bond acceptors (Lipinski definition) is 7. The summed E-state index contributed by atoms with van der Waals surface area (Å²) in [5.41, 5.74) is 1.66. The molecule has 0 unspecified atom stereocenters. The molecule has 27 heavy (non-hydrogen) atoms. The number of rotatable bonds is 6. The highest BCUT2D eigenvalue weighted by molar-refractivity contribution is 7.22. The standard InChI is InChI=1S/C18H14N4O2S3/c23-15(21-18-20-12-4-1-2-5-13(12)27-18)8-7-11-10-26-17(19-11)22-16(24)14-6-3-9-25-14/h1-6,9-10H,7-8H2,(H,19,22,24)(H,20,21,23). The number of fused-ring (bicyclic) bond motifs is 1. The van der Waals surface area contributed by atoms with Crippen LogP contribution in [-0.4, -0.2) is 21.8 Å². The van der Waals surface area contributed by atoms with Gasteiger partial charge in [0.15, 0.2) is 10.3 Å². The topological polar surface area (TPSA) is 84.0 Å². The lowest BCUT2D eigenvalue weighted by Crippen LogP contribution is -2.12. The molecule has 1 aromatic carbocycles. The Morgan fingerprint density at radius 1 is 0.963 bits per heavy atom. The maximum absolute atomic E-state index is 12.2. The van der Waals surface area contributed by atoms with E-state index in [0.29, 0.717) is 28.0 Å². The molecule has 0 saturated carbocycles. The summed E-state index contributed by atoms with van der Waals surface area (Å²) in [5, 5.41) is 10.5. The number of thiazole rings is 2. The molecule has 0 spiro atoms. The molecule has 4 rings (SSSR count). The molecule has 136 valence electrons. The first-order valence-electron chi connectivity index (χ1n) is 8.12. The molecule has 3 aromatic heterocycles. The lowest BCUT2D eigenvalue weighted by Gasteiger charge is -2.00. The summed E-state index contributed by atoms with van der Waals surface area (Å²) in [7, 11) is 0. The first kappa shape index (κ1) is 17.8. The van der Waals surface area contributed by atoms with Gasteiger partial charge in [-0.25, -0.2) is 9.97 Å². The van der Waals surface area contributed by atoms with E-state index in [9.17, 15) is 9.59 Å². The SMILES string of the molecule is O=C(CCc1csc(NC(=O)c2cccs2)n1)Nc1nc2ccccc2s1. The van der Waals surface area contributed by atoms with E-state index >= 15 is 0 Å². The number of aromatic nitrogens is 2. The summed E-state index contributed by atoms with van der Waals surface area (Å²) in [6.07, 6.45) is 0.806. The maximum atomic E-state index is 12.2. The van der Waals surface area contributed by atoms with Crippen molar-refractivity contribution in [3.63, 3.8) is 0 Å². The summed E-state index contributed by atoms with van der Waals surface area (Å²) in [4.78, 5) is 33.6. The molecular weight excluding hydrogens is 400 g/mol. The molecule has 3 heterocycles. The third-order valence-corrected chi connectivity index (χ3v) is 6.29. The largest absolute Gasteiger partial charge is 0.302 e. The van der Waals surface area contributed by atoms with Gasteiger partial charge in [0.05, 0.1) is 20.8 Å². The summed E-state index contributed by atoms with van der Waals surface area (Å²) in [5.74, 6) is -0.272. The van der Waals surface area contributed by atoms with Crippen LogP contribution in [-0.2, 0) is 11.2 Å². The lowest BCUT2D eigenvalue weighted by molar-refractivity contribution is -0.116. The maximum Gasteiger partial charge on any atom is 0.267 e. The minimum atomic E-state index is -0.167. The Morgan fingerprint density at radius 3 is 2.67 bits per heavy atom. The van der Waals surface area contributed by atoms with Crippen molar-refractivity contribution >= 4 is 66.3 Å². The molecule has 0 radical (unpaired) electrons. The first-order valence-corrected chi connectivity index (χ1v) is 10.7. The zero-order valence-corrected chi connectivity index (χ0v) is 16.4. The fourth-order valence-electron chi connectivity index (χ4n) is 2.39. The molecule has 0 aliphatic rings. The molecule has 4 aromatic rings. The fraction of sp³-hybridized carbons (Fsp3) is 0.111. The molecule has 2 N–H and O–H groups in total. The van der Waals surface area contributed by atoms with Crippen LogP contribution in [0.25, 0.3) is 10.2 Å². The molecule has 9 heteroatoms. The number of carbonyl (C=O) groups excluding carboxylic acids is 2. The van der Waals surface area contributed by atoms with E-state index in [2.05, 4.69) is 20.6 Å². The van der Waals surface area contributed by atoms with Crippen LogP contribution < -0.4 is 10.6 Å². The lowest BCUT2D eigenvalue weighted by atomic mass is 10.2. The van der Waals surface area contributed by atoms with E-state index in [0.717, 1.165) is 15.9 Å². The zero-order chi connectivity index (χ0) is 18.6. The minimum absolute atomic E-state index is 0.105. The molecule has 0 aliphatic heterocycles. The van der Waals surface area contributed by atoms with Gasteiger partial charge in [-0.05, 0) is 30.0 Å². The van der Waals surface area contributed by atoms with E-state index in [1.165, 1.54) is 34.0 Å². The summed E-state index contributed by atoms with van der Waals surface area (Å²) >= 11 is 4.19. The van der Waals surface area contributed by atoms with Crippen LogP contribution in [0.3, 0.4) is 0 Å². The second kappa shape index (κ2) is 7.95. The molecule has 0 bridgehead atoms. The molecule has 0 fully saturated rings. The van der Waals surface area contributed by atoms with Crippen LogP contribution in [0.5, 0.6) is 0 Å². The number of aryl methyl sites for hydroxylation is 1. The highest BCUT2D eigenvalue weighted by Crippen LogP contribution is 2.25. The van der Waals surface area contributed by atoms with Crippen molar-refractivity contribution in [2.75, 3.05) is 10.6 Å². The number of nitrogens with zero attached hydrogens (tertiary/aromatic N) is 2. The Morgan fingerprint density at radius 2 is 1.85 bits per heavy atom. The van der Waals surface area contributed by atoms with Gasteiger partial charge in [-0.3, -0.25) is 14.9 Å². The van der Waals surface area contributed by atoms with E-state index in [1.807, 2.05) is 41.1 Å². The fourth-order valence-corrected chi connectivity index (χ4v) is 4.64. The Hall–Kier alpha value is -2.62. The average molecular weight is 415 g/mol. The number of amides is 2. The van der Waals surface area contributed by atoms with Gasteiger partial charge in [-0.2, -0.15) is 0 Å². The quantitative estimate of drug-likeness (QED) is 0.481. The summed E-state index contributed by atoms with van der Waals surface area (Å²) in [6.45, 7) is 0. The van der Waals surface area contributed by atoms with Crippen molar-refractivity contribution in [1.29, 1.82) is 0 Å². The smallest absolute Gasteiger partial charge is 0.267 e. The Kier molecular flexibility index (Phi) is 5.23. The van der Waals surface area contributed by atoms with Crippen LogP contribution in [0.15, 0.2) is 47.2 Å². The highest BCUT2D eigenvalue weighted by Gasteiger charge is 2.12. The number of nitrogens with one attached hydrogen (secondary N) is 2. The average Bonchev–Trinajstić information content (AvgIpc) is 3.40. The minimum Gasteiger partial charge on any atom is -0.302 e. The molecule has 2 amide bonds. The monoisotopic (exact) mass is 414 g/mol. The van der Waals surface area contributed by atoms with E-state index in [1.54, 1.807) is 6.07 Å². The van der Waals surface area contributed by atoms with Crippen LogP contribution in [0, 0.1) is 0 Å². The van der Waals surface area contributed by atoms with Gasteiger partial charge in [0.1, 0.15) is 0 Å². The normalized spacial score (nSPS) is 10.8. The van der Waals surface area contributed by atoms with Gasteiger partial charge in [0, 0.05) is 11.8 Å². The van der Waals surface area contributed by atoms with E-state index < -0.39 is 0 Å². The summed E-state index contributed by atoms with van der Waals surface area (Å²) in [6, 6.07) is 11.4. The van der Waals surface area contributed by atoms with Crippen molar-refractivity contribution in [3.05, 3.63) is 57.7 Å². The third-order valence-electron chi connectivity index (χ3n) is 3.67. The van der Waals surface area contributed by atoms with Crippen molar-refractivity contribution < 1.29 is 9.59 Å². The van der Waals surface area contributed by atoms with Crippen molar-refractivity contribution in [2.24, 2.45) is 0 Å². The first-order chi connectivity index (χ1) is 13.2. The molecule has 0 atom stereocenters. The summed E-state index contributed by atoms with van der Waals surface area (Å²) < 4.78 is 1.04. The van der Waals surface area contributed by atoms with E-state index in [4.69, 9.17) is 0 Å². The van der Waals surface area contributed by atoms with E-state index in [-0.39, 0.29) is 11.8 Å². The Labute approximate surface area is 166 Å². The number of hydrogen-bond donors (Lipinski definition) is 2. The van der Waals surface area contributed by atoms with Gasteiger partial charge >= 0.3 is 0 Å².